The van der Waals surface area contributed by atoms with Gasteiger partial charge in [0.15, 0.2) is 63.2 Å². The van der Waals surface area contributed by atoms with Crippen molar-refractivity contribution in [3.63, 3.8) is 0 Å². The molecule has 0 spiro atoms. The standard InChI is InChI=1S/C18H19NO5.C18H22O6.C15H18O5.C13H14O5.C10H10O4.C9H19O5P.C5H7NO.C4H9.Li/c1-12(18(21)19-6-4-3-5-16(19)20)9-13-10-14(22-2)17-15(11-13)23-7-8-24-17;1-11(16(19)24-17(20)18(2,3)4)8-12-9-13(21-5)15-14(10-12)22-6-7-23-15;1-4-18-15(16)10(2)7-11-8-12(17-3)14-13(9-11)19-5-6-20-14;1-8(13(14)15)5-9-6-10(16-2)12-11(7-9)17-3-4-18-12;1-12-8-4-7(6-11)5-9-10(8)14-3-2-13-9;1-5-12-9(10)8(4)15(11,13-6-2)14-7-3;7-5-3-1-2-4-6-5;1-3-4-2;/h3,5,9-11H,4,6-8H2,1-2H3;8-10H,6-7H2,1-5H3;7-9H,4-6H2,1-3H3;5-7H,3-4H2,1-2H3,(H,14,15);4-6H,2-3H2,1H3;8H,5-7H2,1-4H3;1,3H,2,4H2,(H,6,7);1,3-4H2,2H3;/q;;;;;;;-1;+1/b12-9+;11-8+;10-7+;8-5+;;;;;. The molecule has 1 unspecified atom stereocenters. The van der Waals surface area contributed by atoms with E-state index in [0.29, 0.717) is 205 Å². The Kier molecular flexibility index (Phi) is 47.0. The summed E-state index contributed by atoms with van der Waals surface area (Å²) in [5.41, 5.74) is 3.38. The molecule has 0 aliphatic carbocycles. The summed E-state index contributed by atoms with van der Waals surface area (Å²) in [5, 5.41) is 11.5. The molecule has 0 saturated heterocycles. The smallest absolute Gasteiger partial charge is 0.493 e. The van der Waals surface area contributed by atoms with Crippen LogP contribution >= 0.6 is 7.60 Å². The van der Waals surface area contributed by atoms with E-state index in [-0.39, 0.29) is 67.9 Å². The molecule has 12 rings (SSSR count). The number of fused-ring (bicyclic) bond motifs is 5. The van der Waals surface area contributed by atoms with Crippen LogP contribution in [-0.4, -0.2) is 211 Å². The summed E-state index contributed by atoms with van der Waals surface area (Å²) in [6.45, 7) is 32.7. The fourth-order valence-corrected chi connectivity index (χ4v) is 12.8. The average Bonchev–Trinajstić information content (AvgIpc) is 0.821. The van der Waals surface area contributed by atoms with Crippen molar-refractivity contribution in [1.82, 2.24) is 10.2 Å². The maximum atomic E-state index is 12.5. The fraction of sp³-hybridized carbons (Fsp3) is 0.435. The van der Waals surface area contributed by atoms with Crippen molar-refractivity contribution in [2.24, 2.45) is 5.41 Å². The molecule has 127 heavy (non-hydrogen) atoms. The molecule has 0 aromatic heterocycles. The van der Waals surface area contributed by atoms with E-state index >= 15 is 0 Å². The Morgan fingerprint density at radius 3 is 1.13 bits per heavy atom. The summed E-state index contributed by atoms with van der Waals surface area (Å²) < 4.78 is 118. The zero-order chi connectivity index (χ0) is 93.1. The van der Waals surface area contributed by atoms with Gasteiger partial charge in [0.2, 0.25) is 34.7 Å². The first kappa shape index (κ1) is 107. The van der Waals surface area contributed by atoms with Gasteiger partial charge in [-0.2, -0.15) is 6.42 Å². The summed E-state index contributed by atoms with van der Waals surface area (Å²) in [5.74, 6) is 4.87. The first-order valence-corrected chi connectivity index (χ1v) is 42.4. The van der Waals surface area contributed by atoms with E-state index in [1.54, 1.807) is 175 Å². The molecule has 3 amide bonds. The topological polar surface area (TPSA) is 391 Å². The normalized spacial score (nSPS) is 14.5. The molecule has 2 N–H and O–H groups in total. The summed E-state index contributed by atoms with van der Waals surface area (Å²) >= 11 is 0. The third-order valence-electron chi connectivity index (χ3n) is 17.6. The van der Waals surface area contributed by atoms with E-state index in [9.17, 15) is 47.7 Å². The SMILES string of the molecule is CCOC(=O)/C(C)=C/c1cc(OC)c2c(c1)OCCO2.CCOC(=O)C(C)P(=O)(OCC)OCC.COc1cc(/C=C(\C)C(=O)N2CCC=CC2=O)cc2c1OCCO2.COc1cc(/C=C(\C)C(=O)O)cc2c1OCCO2.COc1cc(/C=C(\C)C(=O)OC(=O)C(C)(C)C)cc2c1OCCO2.COc1cc(C=O)cc2c1OCCO2.O=C1C=CCCN1.[CH2-]CCC.[Li+]. The Bertz CT molecular complexity index is 4690. The van der Waals surface area contributed by atoms with Gasteiger partial charge in [-0.1, -0.05) is 25.5 Å². The van der Waals surface area contributed by atoms with E-state index in [4.69, 9.17) is 99.4 Å². The van der Waals surface area contributed by atoms with E-state index < -0.39 is 42.5 Å². The molecule has 0 bridgehead atoms. The predicted octanol–water partition coefficient (Wildman–Crippen LogP) is 11.7. The number of aliphatic carboxylic acids is 1. The first-order valence-electron chi connectivity index (χ1n) is 40.8. The van der Waals surface area contributed by atoms with Gasteiger partial charge in [0.05, 0.1) is 67.4 Å². The quantitative estimate of drug-likeness (QED) is 0.00896. The van der Waals surface area contributed by atoms with Crippen LogP contribution in [0.2, 0.25) is 0 Å². The Hall–Kier alpha value is -11.9. The minimum Gasteiger partial charge on any atom is -0.493 e. The molecule has 33 nitrogen and oxygen atoms in total. The molecule has 0 fully saturated rings. The summed E-state index contributed by atoms with van der Waals surface area (Å²) in [6, 6.07) is 17.4. The van der Waals surface area contributed by atoms with Gasteiger partial charge in [-0.25, -0.2) is 14.4 Å². The Balaban J connectivity index is 0.000000314. The van der Waals surface area contributed by atoms with Gasteiger partial charge in [-0.15, -0.1) is 0 Å². The number of aldehydes is 1. The molecule has 5 aromatic carbocycles. The number of imide groups is 1. The van der Waals surface area contributed by atoms with Crippen LogP contribution in [0.15, 0.2) is 107 Å². The van der Waals surface area contributed by atoms with Gasteiger partial charge in [0.1, 0.15) is 72.4 Å². The van der Waals surface area contributed by atoms with E-state index in [0.717, 1.165) is 36.8 Å². The number of ether oxygens (including phenoxy) is 18. The van der Waals surface area contributed by atoms with Crippen LogP contribution in [0.5, 0.6) is 86.2 Å². The molecular weight excluding hydrogens is 1670 g/mol. The predicted molar refractivity (Wildman–Crippen MR) is 469 cm³/mol. The summed E-state index contributed by atoms with van der Waals surface area (Å²) in [7, 11) is 4.35. The number of benzene rings is 5. The van der Waals surface area contributed by atoms with Crippen LogP contribution in [0.1, 0.15) is 148 Å². The van der Waals surface area contributed by atoms with Crippen LogP contribution in [0, 0.1) is 12.3 Å². The number of hydrogen-bond acceptors (Lipinski definition) is 30. The van der Waals surface area contributed by atoms with E-state index in [2.05, 4.69) is 19.2 Å². The van der Waals surface area contributed by atoms with Gasteiger partial charge in [0, 0.05) is 40.9 Å². The summed E-state index contributed by atoms with van der Waals surface area (Å²) in [6.07, 6.45) is 18.0. The second kappa shape index (κ2) is 55.6. The maximum absolute atomic E-state index is 12.5. The number of unbranched alkanes of at least 4 members (excludes halogenated alkanes) is 1. The fourth-order valence-electron chi connectivity index (χ4n) is 11.2. The number of hydrogen-bond donors (Lipinski definition) is 2. The van der Waals surface area contributed by atoms with Crippen molar-refractivity contribution >= 4 is 85.8 Å². The van der Waals surface area contributed by atoms with Crippen molar-refractivity contribution in [3.8, 4) is 86.2 Å². The number of amides is 3. The third-order valence-corrected chi connectivity index (χ3v) is 20.0. The van der Waals surface area contributed by atoms with E-state index in [1.165, 1.54) is 52.6 Å². The van der Waals surface area contributed by atoms with Crippen LogP contribution in [-0.2, 0) is 66.2 Å². The number of nitrogens with one attached hydrogen (secondary N) is 1. The minimum atomic E-state index is -3.37. The Morgan fingerprint density at radius 2 is 0.835 bits per heavy atom. The van der Waals surface area contributed by atoms with Gasteiger partial charge in [0.25, 0.3) is 11.8 Å². The molecule has 35 heteroatoms. The van der Waals surface area contributed by atoms with Crippen LogP contribution in [0.25, 0.3) is 24.3 Å². The minimum absolute atomic E-state index is 0. The zero-order valence-electron chi connectivity index (χ0n) is 76.0. The van der Waals surface area contributed by atoms with Gasteiger partial charge in [-0.05, 0) is 215 Å². The van der Waals surface area contributed by atoms with Crippen LogP contribution < -0.4 is 95.2 Å². The second-order valence-electron chi connectivity index (χ2n) is 28.2. The molecular formula is C92H118LiN2O31P. The number of methoxy groups -OCH3 is 5. The number of carbonyl (C=O) groups excluding carboxylic acids is 8. The third kappa shape index (κ3) is 34.1. The van der Waals surface area contributed by atoms with Crippen molar-refractivity contribution < 1.29 is 166 Å². The van der Waals surface area contributed by atoms with Crippen molar-refractivity contribution in [2.45, 2.75) is 121 Å². The number of nitrogens with zero attached hydrogens (tertiary/aromatic N) is 1. The zero-order valence-corrected chi connectivity index (χ0v) is 76.9. The van der Waals surface area contributed by atoms with E-state index in [1.807, 2.05) is 12.1 Å². The second-order valence-corrected chi connectivity index (χ2v) is 30.6. The Labute approximate surface area is 754 Å². The van der Waals surface area contributed by atoms with Crippen LogP contribution in [0.3, 0.4) is 0 Å². The van der Waals surface area contributed by atoms with Crippen molar-refractivity contribution in [2.75, 3.05) is 141 Å². The average molecular weight is 1790 g/mol. The van der Waals surface area contributed by atoms with Crippen LogP contribution in [0.4, 0.5) is 0 Å². The maximum Gasteiger partial charge on any atom is 1.00 e. The number of carboxylic acid groups (broad SMARTS) is 1. The molecule has 5 aromatic rings. The van der Waals surface area contributed by atoms with Gasteiger partial charge >= 0.3 is 56.3 Å². The number of carbonyl (C=O) groups is 9. The van der Waals surface area contributed by atoms with Crippen molar-refractivity contribution in [1.29, 1.82) is 0 Å². The summed E-state index contributed by atoms with van der Waals surface area (Å²) in [4.78, 5) is 104. The monoisotopic (exact) mass is 1780 g/mol. The number of carboxylic acids is 1. The molecule has 688 valence electrons. The van der Waals surface area contributed by atoms with Gasteiger partial charge < -0.3 is 112 Å². The first-order chi connectivity index (χ1) is 60.2. The molecule has 1 atom stereocenters. The number of rotatable bonds is 23. The number of esters is 4. The molecule has 7 aliphatic rings. The largest absolute Gasteiger partial charge is 1.00 e. The molecule has 0 radical (unpaired) electrons. The Morgan fingerprint density at radius 1 is 0.496 bits per heavy atom. The molecule has 0 saturated carbocycles. The molecule has 7 heterocycles. The van der Waals surface area contributed by atoms with Crippen molar-refractivity contribution in [3.05, 3.63) is 142 Å². The van der Waals surface area contributed by atoms with Gasteiger partial charge in [-0.3, -0.25) is 38.2 Å². The molecule has 7 aliphatic heterocycles.